The minimum atomic E-state index is 0.847. The topological polar surface area (TPSA) is 38.7 Å². The van der Waals surface area contributed by atoms with E-state index < -0.39 is 0 Å². The van der Waals surface area contributed by atoms with Gasteiger partial charge in [0.05, 0.1) is 22.4 Å². The Labute approximate surface area is 303 Å². The molecule has 0 saturated heterocycles. The number of nitrogens with zero attached hydrogens (tertiary/aromatic N) is 3. The van der Waals surface area contributed by atoms with Gasteiger partial charge in [-0.15, -0.1) is 0 Å². The lowest BCUT2D eigenvalue weighted by molar-refractivity contribution is 1.29. The first-order valence-corrected chi connectivity index (χ1v) is 17.5. The summed E-state index contributed by atoms with van der Waals surface area (Å²) in [5.41, 5.74) is 16.9. The third kappa shape index (κ3) is 6.17. The first-order chi connectivity index (χ1) is 25.8. The molecule has 3 nitrogen and oxygen atoms in total. The minimum Gasteiger partial charge on any atom is -0.265 e. The van der Waals surface area contributed by atoms with Crippen LogP contribution in [0.25, 0.3) is 89.2 Å². The van der Waals surface area contributed by atoms with Gasteiger partial charge in [0.1, 0.15) is 0 Å². The molecule has 0 unspecified atom stereocenters. The van der Waals surface area contributed by atoms with Crippen LogP contribution in [0.2, 0.25) is 0 Å². The van der Waals surface area contributed by atoms with Crippen molar-refractivity contribution in [2.45, 2.75) is 0 Å². The van der Waals surface area contributed by atoms with E-state index in [0.29, 0.717) is 0 Å². The maximum atomic E-state index is 5.39. The van der Waals surface area contributed by atoms with Crippen molar-refractivity contribution in [1.29, 1.82) is 0 Å². The van der Waals surface area contributed by atoms with Crippen LogP contribution < -0.4 is 0 Å². The molecule has 0 radical (unpaired) electrons. The Kier molecular flexibility index (Phi) is 8.20. The summed E-state index contributed by atoms with van der Waals surface area (Å²) in [7, 11) is 0. The summed E-state index contributed by atoms with van der Waals surface area (Å²) in [5.74, 6) is 0. The molecule has 0 atom stereocenters. The van der Waals surface area contributed by atoms with Gasteiger partial charge in [-0.25, -0.2) is 9.97 Å². The molecule has 0 bridgehead atoms. The van der Waals surface area contributed by atoms with Crippen LogP contribution in [0.4, 0.5) is 0 Å². The molecule has 0 aliphatic heterocycles. The monoisotopic (exact) mass is 663 g/mol. The van der Waals surface area contributed by atoms with Gasteiger partial charge in [0.15, 0.2) is 0 Å². The van der Waals surface area contributed by atoms with E-state index in [1.165, 1.54) is 22.3 Å². The molecular weight excluding hydrogens is 631 g/mol. The van der Waals surface area contributed by atoms with Gasteiger partial charge in [-0.2, -0.15) is 0 Å². The zero-order valence-electron chi connectivity index (χ0n) is 28.4. The highest BCUT2D eigenvalue weighted by molar-refractivity contribution is 5.96. The minimum absolute atomic E-state index is 0.847. The zero-order chi connectivity index (χ0) is 34.7. The molecular formula is C49H33N3. The summed E-state index contributed by atoms with van der Waals surface area (Å²) in [5, 5.41) is 0. The maximum absolute atomic E-state index is 5.39. The summed E-state index contributed by atoms with van der Waals surface area (Å²) >= 11 is 0. The van der Waals surface area contributed by atoms with Crippen molar-refractivity contribution in [2.75, 3.05) is 0 Å². The van der Waals surface area contributed by atoms with E-state index >= 15 is 0 Å². The predicted octanol–water partition coefficient (Wildman–Crippen LogP) is 12.7. The quantitative estimate of drug-likeness (QED) is 0.170. The number of hydrogen-bond acceptors (Lipinski definition) is 3. The maximum Gasteiger partial charge on any atom is 0.0973 e. The molecule has 7 aromatic carbocycles. The Balaban J connectivity index is 1.22. The summed E-state index contributed by atoms with van der Waals surface area (Å²) < 4.78 is 0. The first kappa shape index (κ1) is 31.0. The van der Waals surface area contributed by atoms with Crippen LogP contribution in [0.15, 0.2) is 200 Å². The SMILES string of the molecule is c1ccc(-c2ccc(-c3cc4nc(-c5ccccc5)c(-c5ccc(-c6ccncc6)cc5)nc4cc3-c3ccc(-c4ccccc4)cc3)cc2)cc1. The number of hydrogen-bond donors (Lipinski definition) is 0. The lowest BCUT2D eigenvalue weighted by atomic mass is 9.91. The fraction of sp³-hybridized carbons (Fsp3) is 0. The van der Waals surface area contributed by atoms with Gasteiger partial charge in [0, 0.05) is 23.5 Å². The average Bonchev–Trinajstić information content (AvgIpc) is 3.24. The van der Waals surface area contributed by atoms with Gasteiger partial charge in [-0.3, -0.25) is 4.98 Å². The van der Waals surface area contributed by atoms with Gasteiger partial charge < -0.3 is 0 Å². The normalized spacial score (nSPS) is 11.1. The van der Waals surface area contributed by atoms with Gasteiger partial charge in [-0.1, -0.05) is 164 Å². The fourth-order valence-corrected chi connectivity index (χ4v) is 6.89. The third-order valence-electron chi connectivity index (χ3n) is 9.63. The Morgan fingerprint density at radius 1 is 0.250 bits per heavy atom. The van der Waals surface area contributed by atoms with Crippen LogP contribution in [0, 0.1) is 0 Å². The largest absolute Gasteiger partial charge is 0.265 e. The molecule has 0 spiro atoms. The van der Waals surface area contributed by atoms with Crippen LogP contribution in [-0.2, 0) is 0 Å². The van der Waals surface area contributed by atoms with Crippen molar-refractivity contribution in [3.8, 4) is 78.1 Å². The van der Waals surface area contributed by atoms with Crippen molar-refractivity contribution in [2.24, 2.45) is 0 Å². The molecule has 52 heavy (non-hydrogen) atoms. The molecule has 0 saturated carbocycles. The highest BCUT2D eigenvalue weighted by Gasteiger charge is 2.17. The molecule has 0 fully saturated rings. The predicted molar refractivity (Wildman–Crippen MR) is 215 cm³/mol. The van der Waals surface area contributed by atoms with Crippen molar-refractivity contribution in [3.63, 3.8) is 0 Å². The number of pyridine rings is 1. The van der Waals surface area contributed by atoms with E-state index in [4.69, 9.17) is 9.97 Å². The second-order valence-electron chi connectivity index (χ2n) is 12.9. The Morgan fingerprint density at radius 2 is 0.538 bits per heavy atom. The Morgan fingerprint density at radius 3 is 0.942 bits per heavy atom. The number of benzene rings is 7. The summed E-state index contributed by atoms with van der Waals surface area (Å²) in [6.45, 7) is 0. The highest BCUT2D eigenvalue weighted by Crippen LogP contribution is 2.39. The average molecular weight is 664 g/mol. The van der Waals surface area contributed by atoms with Crippen molar-refractivity contribution in [1.82, 2.24) is 15.0 Å². The second kappa shape index (κ2) is 13.7. The number of fused-ring (bicyclic) bond motifs is 1. The van der Waals surface area contributed by atoms with Crippen LogP contribution in [0.1, 0.15) is 0 Å². The van der Waals surface area contributed by atoms with Crippen molar-refractivity contribution >= 4 is 11.0 Å². The molecule has 9 aromatic rings. The fourth-order valence-electron chi connectivity index (χ4n) is 6.89. The van der Waals surface area contributed by atoms with Gasteiger partial charge in [0.2, 0.25) is 0 Å². The molecule has 0 aliphatic rings. The molecule has 0 N–H and O–H groups in total. The highest BCUT2D eigenvalue weighted by atomic mass is 14.8. The zero-order valence-corrected chi connectivity index (χ0v) is 28.4. The van der Waals surface area contributed by atoms with Crippen molar-refractivity contribution < 1.29 is 0 Å². The molecule has 2 aromatic heterocycles. The molecule has 244 valence electrons. The van der Waals surface area contributed by atoms with E-state index in [0.717, 1.165) is 66.9 Å². The first-order valence-electron chi connectivity index (χ1n) is 17.5. The summed E-state index contributed by atoms with van der Waals surface area (Å²) in [4.78, 5) is 14.9. The van der Waals surface area contributed by atoms with E-state index in [-0.39, 0.29) is 0 Å². The van der Waals surface area contributed by atoms with Crippen molar-refractivity contribution in [3.05, 3.63) is 200 Å². The lowest BCUT2D eigenvalue weighted by Gasteiger charge is -2.16. The Hall–Kier alpha value is -6.97. The molecule has 2 heterocycles. The van der Waals surface area contributed by atoms with Gasteiger partial charge in [0.25, 0.3) is 0 Å². The molecule has 3 heteroatoms. The van der Waals surface area contributed by atoms with Crippen LogP contribution >= 0.6 is 0 Å². The smallest absolute Gasteiger partial charge is 0.0973 e. The lowest BCUT2D eigenvalue weighted by Crippen LogP contribution is -1.97. The van der Waals surface area contributed by atoms with E-state index in [2.05, 4.69) is 175 Å². The van der Waals surface area contributed by atoms with Crippen LogP contribution in [0.5, 0.6) is 0 Å². The van der Waals surface area contributed by atoms with Crippen LogP contribution in [-0.4, -0.2) is 15.0 Å². The number of aromatic nitrogens is 3. The summed E-state index contributed by atoms with van der Waals surface area (Å²) in [6.07, 6.45) is 3.65. The van der Waals surface area contributed by atoms with Crippen LogP contribution in [0.3, 0.4) is 0 Å². The molecule has 9 rings (SSSR count). The van der Waals surface area contributed by atoms with E-state index in [1.807, 2.05) is 30.6 Å². The second-order valence-corrected chi connectivity index (χ2v) is 12.9. The third-order valence-corrected chi connectivity index (χ3v) is 9.63. The molecule has 0 aliphatic carbocycles. The molecule has 0 amide bonds. The number of rotatable bonds is 7. The van der Waals surface area contributed by atoms with Gasteiger partial charge in [-0.05, 0) is 79.9 Å². The summed E-state index contributed by atoms with van der Waals surface area (Å²) in [6, 6.07) is 66.1. The van der Waals surface area contributed by atoms with E-state index in [1.54, 1.807) is 0 Å². The van der Waals surface area contributed by atoms with E-state index in [9.17, 15) is 0 Å². The standard InChI is InChI=1S/C49H33N3/c1-4-10-34(11-5-1)36-16-22-40(23-17-36)44-32-46-47(33-45(44)41-24-18-37(19-25-41)35-12-6-2-7-13-35)52-49(48(51-46)42-14-8-3-9-15-42)43-26-20-38(21-27-43)39-28-30-50-31-29-39/h1-33H. The van der Waals surface area contributed by atoms with Gasteiger partial charge >= 0.3 is 0 Å². The Bertz CT molecular complexity index is 2600.